The lowest BCUT2D eigenvalue weighted by atomic mass is 10.1. The van der Waals surface area contributed by atoms with Gasteiger partial charge < -0.3 is 10.1 Å². The fraction of sp³-hybridized carbons (Fsp3) is 0.294. The Morgan fingerprint density at radius 1 is 1.15 bits per heavy atom. The minimum atomic E-state index is 0.268. The van der Waals surface area contributed by atoms with Gasteiger partial charge in [-0.05, 0) is 49.7 Å². The molecule has 2 aromatic carbocycles. The number of nitrogens with one attached hydrogen (secondary N) is 1. The van der Waals surface area contributed by atoms with Crippen LogP contribution in [0.25, 0.3) is 0 Å². The fourth-order valence-corrected chi connectivity index (χ4v) is 2.28. The average Bonchev–Trinajstić information content (AvgIpc) is 2.49. The summed E-state index contributed by atoms with van der Waals surface area (Å²) in [5, 5.41) is 3.83. The van der Waals surface area contributed by atoms with E-state index in [9.17, 15) is 0 Å². The number of benzene rings is 2. The summed E-state index contributed by atoms with van der Waals surface area (Å²) in [6.07, 6.45) is 0.933. The lowest BCUT2D eigenvalue weighted by Crippen LogP contribution is -2.12. The zero-order valence-corrected chi connectivity index (χ0v) is 12.9. The molecule has 0 aliphatic heterocycles. The Labute approximate surface area is 125 Å². The molecule has 106 valence electrons. The van der Waals surface area contributed by atoms with Crippen LogP contribution in [0.3, 0.4) is 0 Å². The number of hydrogen-bond donors (Lipinski definition) is 1. The zero-order valence-electron chi connectivity index (χ0n) is 12.1. The quantitative estimate of drug-likeness (QED) is 0.838. The normalized spacial score (nSPS) is 12.2. The predicted octanol–water partition coefficient (Wildman–Crippen LogP) is 4.98. The Morgan fingerprint density at radius 3 is 2.55 bits per heavy atom. The van der Waals surface area contributed by atoms with E-state index in [2.05, 4.69) is 25.2 Å². The number of aryl methyl sites for hydroxylation is 1. The highest BCUT2D eigenvalue weighted by Gasteiger charge is 2.09. The molecule has 0 aromatic heterocycles. The molecule has 3 heteroatoms. The van der Waals surface area contributed by atoms with E-state index < -0.39 is 0 Å². The van der Waals surface area contributed by atoms with Crippen LogP contribution in [-0.4, -0.2) is 7.05 Å². The first-order chi connectivity index (χ1) is 9.65. The smallest absolute Gasteiger partial charge is 0.146 e. The Morgan fingerprint density at radius 2 is 1.90 bits per heavy atom. The van der Waals surface area contributed by atoms with Crippen molar-refractivity contribution in [3.63, 3.8) is 0 Å². The molecular weight excluding hydrogens is 270 g/mol. The second-order valence-corrected chi connectivity index (χ2v) is 5.17. The highest BCUT2D eigenvalue weighted by atomic mass is 35.5. The van der Waals surface area contributed by atoms with Crippen LogP contribution < -0.4 is 10.1 Å². The van der Waals surface area contributed by atoms with Crippen molar-refractivity contribution in [2.45, 2.75) is 26.3 Å². The first-order valence-corrected chi connectivity index (χ1v) is 7.26. The predicted molar refractivity (Wildman–Crippen MR) is 84.8 cm³/mol. The van der Waals surface area contributed by atoms with E-state index in [0.29, 0.717) is 10.8 Å². The summed E-state index contributed by atoms with van der Waals surface area (Å²) < 4.78 is 5.95. The Bertz CT molecular complexity index is 583. The van der Waals surface area contributed by atoms with Crippen molar-refractivity contribution in [3.05, 3.63) is 58.6 Å². The van der Waals surface area contributed by atoms with Gasteiger partial charge in [-0.1, -0.05) is 42.8 Å². The van der Waals surface area contributed by atoms with E-state index in [1.807, 2.05) is 43.4 Å². The van der Waals surface area contributed by atoms with E-state index in [1.54, 1.807) is 0 Å². The van der Waals surface area contributed by atoms with Gasteiger partial charge in [-0.3, -0.25) is 0 Å². The Hall–Kier alpha value is -1.51. The van der Waals surface area contributed by atoms with Crippen molar-refractivity contribution >= 4 is 11.6 Å². The van der Waals surface area contributed by atoms with Gasteiger partial charge in [0.2, 0.25) is 0 Å². The van der Waals surface area contributed by atoms with Gasteiger partial charge in [0.25, 0.3) is 0 Å². The van der Waals surface area contributed by atoms with Gasteiger partial charge in [-0.2, -0.15) is 0 Å². The maximum atomic E-state index is 6.32. The highest BCUT2D eigenvalue weighted by Crippen LogP contribution is 2.33. The molecule has 0 saturated carbocycles. The third-order valence-electron chi connectivity index (χ3n) is 3.46. The average molecular weight is 290 g/mol. The van der Waals surface area contributed by atoms with E-state index in [0.717, 1.165) is 17.7 Å². The SMILES string of the molecule is CCc1ccccc1Oc1ccc(C(C)NC)cc1Cl. The first kappa shape index (κ1) is 14.9. The van der Waals surface area contributed by atoms with Crippen LogP contribution in [-0.2, 0) is 6.42 Å². The van der Waals surface area contributed by atoms with Gasteiger partial charge in [-0.15, -0.1) is 0 Å². The van der Waals surface area contributed by atoms with Crippen LogP contribution in [0, 0.1) is 0 Å². The van der Waals surface area contributed by atoms with Crippen molar-refractivity contribution in [2.24, 2.45) is 0 Å². The van der Waals surface area contributed by atoms with Crippen LogP contribution in [0.2, 0.25) is 5.02 Å². The molecule has 0 heterocycles. The van der Waals surface area contributed by atoms with E-state index >= 15 is 0 Å². The van der Waals surface area contributed by atoms with Gasteiger partial charge in [0.05, 0.1) is 5.02 Å². The number of rotatable bonds is 5. The molecule has 20 heavy (non-hydrogen) atoms. The molecule has 1 atom stereocenters. The molecule has 1 unspecified atom stereocenters. The second-order valence-electron chi connectivity index (χ2n) is 4.76. The van der Waals surface area contributed by atoms with Crippen molar-refractivity contribution in [2.75, 3.05) is 7.05 Å². The van der Waals surface area contributed by atoms with Crippen molar-refractivity contribution in [1.29, 1.82) is 0 Å². The van der Waals surface area contributed by atoms with Crippen molar-refractivity contribution < 1.29 is 4.74 Å². The van der Waals surface area contributed by atoms with Gasteiger partial charge in [0.15, 0.2) is 0 Å². The molecule has 2 aromatic rings. The van der Waals surface area contributed by atoms with Crippen LogP contribution in [0.5, 0.6) is 11.5 Å². The van der Waals surface area contributed by atoms with Crippen molar-refractivity contribution in [3.8, 4) is 11.5 Å². The van der Waals surface area contributed by atoms with Crippen LogP contribution in [0.15, 0.2) is 42.5 Å². The first-order valence-electron chi connectivity index (χ1n) is 6.88. The molecule has 0 aliphatic carbocycles. The number of ether oxygens (including phenoxy) is 1. The minimum absolute atomic E-state index is 0.268. The van der Waals surface area contributed by atoms with Gasteiger partial charge in [0, 0.05) is 6.04 Å². The molecule has 0 fully saturated rings. The molecule has 0 amide bonds. The summed E-state index contributed by atoms with van der Waals surface area (Å²) in [5.41, 5.74) is 2.32. The minimum Gasteiger partial charge on any atom is -0.456 e. The third kappa shape index (κ3) is 3.33. The lowest BCUT2D eigenvalue weighted by Gasteiger charge is -2.14. The number of hydrogen-bond acceptors (Lipinski definition) is 2. The molecule has 1 N–H and O–H groups in total. The highest BCUT2D eigenvalue weighted by molar-refractivity contribution is 6.32. The molecule has 2 rings (SSSR count). The topological polar surface area (TPSA) is 21.3 Å². The summed E-state index contributed by atoms with van der Waals surface area (Å²) in [6, 6.07) is 14.2. The molecule has 0 bridgehead atoms. The summed E-state index contributed by atoms with van der Waals surface area (Å²) in [7, 11) is 1.93. The molecule has 0 spiro atoms. The monoisotopic (exact) mass is 289 g/mol. The molecule has 0 aliphatic rings. The van der Waals surface area contributed by atoms with Crippen LogP contribution in [0.4, 0.5) is 0 Å². The fourth-order valence-electron chi connectivity index (χ4n) is 2.05. The zero-order chi connectivity index (χ0) is 14.5. The van der Waals surface area contributed by atoms with Crippen LogP contribution in [0.1, 0.15) is 31.0 Å². The second kappa shape index (κ2) is 6.78. The standard InChI is InChI=1S/C17H20ClNO/c1-4-13-7-5-6-8-16(13)20-17-10-9-14(11-15(17)18)12(2)19-3/h5-12,19H,4H2,1-3H3. The van der Waals surface area contributed by atoms with Crippen LogP contribution >= 0.6 is 11.6 Å². The Kier molecular flexibility index (Phi) is 5.05. The van der Waals surface area contributed by atoms with Gasteiger partial charge in [0.1, 0.15) is 11.5 Å². The summed E-state index contributed by atoms with van der Waals surface area (Å²) in [4.78, 5) is 0. The summed E-state index contributed by atoms with van der Waals surface area (Å²) in [5.74, 6) is 1.56. The maximum Gasteiger partial charge on any atom is 0.146 e. The summed E-state index contributed by atoms with van der Waals surface area (Å²) >= 11 is 6.32. The number of halogens is 1. The third-order valence-corrected chi connectivity index (χ3v) is 3.76. The molecule has 2 nitrogen and oxygen atoms in total. The largest absolute Gasteiger partial charge is 0.456 e. The van der Waals surface area contributed by atoms with E-state index in [-0.39, 0.29) is 6.04 Å². The summed E-state index contributed by atoms with van der Waals surface area (Å²) in [6.45, 7) is 4.21. The maximum absolute atomic E-state index is 6.32. The van der Waals surface area contributed by atoms with Crippen molar-refractivity contribution in [1.82, 2.24) is 5.32 Å². The van der Waals surface area contributed by atoms with E-state index in [4.69, 9.17) is 16.3 Å². The lowest BCUT2D eigenvalue weighted by molar-refractivity contribution is 0.476. The Balaban J connectivity index is 2.26. The van der Waals surface area contributed by atoms with Gasteiger partial charge in [-0.25, -0.2) is 0 Å². The molecule has 0 radical (unpaired) electrons. The van der Waals surface area contributed by atoms with E-state index in [1.165, 1.54) is 5.56 Å². The molecule has 0 saturated heterocycles. The van der Waals surface area contributed by atoms with Gasteiger partial charge >= 0.3 is 0 Å². The molecular formula is C17H20ClNO. The number of para-hydroxylation sites is 1.